The maximum atomic E-state index is 11.0. The smallest absolute Gasteiger partial charge is 0.358 e. The molecule has 0 bridgehead atoms. The molecular formula is C10H14N4O3. The van der Waals surface area contributed by atoms with Gasteiger partial charge in [0.15, 0.2) is 0 Å². The monoisotopic (exact) mass is 238 g/mol. The predicted molar refractivity (Wildman–Crippen MR) is 60.9 cm³/mol. The average molecular weight is 238 g/mol. The maximum absolute atomic E-state index is 11.0. The van der Waals surface area contributed by atoms with Gasteiger partial charge in [-0.25, -0.2) is 0 Å². The molecule has 1 unspecified atom stereocenters. The number of aromatic nitrogens is 2. The van der Waals surface area contributed by atoms with Gasteiger partial charge < -0.3 is 19.8 Å². The number of imidazole rings is 1. The van der Waals surface area contributed by atoms with Crippen molar-refractivity contribution in [2.75, 3.05) is 11.4 Å². The molecule has 1 aromatic rings. The summed E-state index contributed by atoms with van der Waals surface area (Å²) in [4.78, 5) is 26.9. The number of aldehydes is 1. The molecule has 1 fully saturated rings. The van der Waals surface area contributed by atoms with Gasteiger partial charge in [-0.1, -0.05) is 0 Å². The summed E-state index contributed by atoms with van der Waals surface area (Å²) in [5, 5.41) is 10.9. The molecule has 0 amide bonds. The van der Waals surface area contributed by atoms with Gasteiger partial charge in [-0.3, -0.25) is 4.57 Å². The highest BCUT2D eigenvalue weighted by Crippen LogP contribution is 2.30. The van der Waals surface area contributed by atoms with Gasteiger partial charge in [0.2, 0.25) is 12.1 Å². The zero-order chi connectivity index (χ0) is 12.4. The topological polar surface area (TPSA) is 81.3 Å². The summed E-state index contributed by atoms with van der Waals surface area (Å²) in [6.45, 7) is 0.657. The molecule has 7 nitrogen and oxygen atoms in total. The lowest BCUT2D eigenvalue weighted by Crippen LogP contribution is -2.41. The second-order valence-electron chi connectivity index (χ2n) is 4.15. The average Bonchev–Trinajstić information content (AvgIpc) is 2.71. The van der Waals surface area contributed by atoms with Gasteiger partial charge >= 0.3 is 5.82 Å². The van der Waals surface area contributed by atoms with Crippen LogP contribution in [-0.4, -0.2) is 33.3 Å². The minimum Gasteiger partial charge on any atom is -0.358 e. The van der Waals surface area contributed by atoms with E-state index in [0.717, 1.165) is 25.5 Å². The Morgan fingerprint density at radius 2 is 2.35 bits per heavy atom. The van der Waals surface area contributed by atoms with Crippen LogP contribution in [-0.2, 0) is 11.8 Å². The van der Waals surface area contributed by atoms with E-state index in [2.05, 4.69) is 4.98 Å². The Morgan fingerprint density at radius 1 is 1.59 bits per heavy atom. The third-order valence-corrected chi connectivity index (χ3v) is 3.04. The Labute approximate surface area is 98.2 Å². The molecule has 2 heterocycles. The molecule has 1 aromatic heterocycles. The summed E-state index contributed by atoms with van der Waals surface area (Å²) in [6.07, 6.45) is 4.92. The van der Waals surface area contributed by atoms with Crippen LogP contribution < -0.4 is 4.90 Å². The summed E-state index contributed by atoms with van der Waals surface area (Å²) in [6, 6.07) is -0.280. The second-order valence-corrected chi connectivity index (χ2v) is 4.15. The molecule has 0 saturated carbocycles. The molecule has 7 heteroatoms. The van der Waals surface area contributed by atoms with Gasteiger partial charge in [0, 0.05) is 13.6 Å². The quantitative estimate of drug-likeness (QED) is 0.443. The molecule has 1 aliphatic heterocycles. The van der Waals surface area contributed by atoms with E-state index >= 15 is 0 Å². The Kier molecular flexibility index (Phi) is 3.08. The van der Waals surface area contributed by atoms with E-state index in [1.54, 1.807) is 16.5 Å². The molecule has 0 spiro atoms. The minimum absolute atomic E-state index is 0.179. The third kappa shape index (κ3) is 2.00. The summed E-state index contributed by atoms with van der Waals surface area (Å²) >= 11 is 0. The number of carbonyl (C=O) groups excluding carboxylic acids is 1. The fourth-order valence-electron chi connectivity index (χ4n) is 2.23. The van der Waals surface area contributed by atoms with Crippen molar-refractivity contribution < 1.29 is 9.72 Å². The molecule has 2 rings (SSSR count). The molecule has 1 atom stereocenters. The van der Waals surface area contributed by atoms with Crippen LogP contribution in [0.2, 0.25) is 0 Å². The lowest BCUT2D eigenvalue weighted by molar-refractivity contribution is -0.388. The lowest BCUT2D eigenvalue weighted by Gasteiger charge is -2.33. The van der Waals surface area contributed by atoms with E-state index in [-0.39, 0.29) is 11.9 Å². The molecule has 1 aliphatic rings. The number of rotatable bonds is 3. The van der Waals surface area contributed by atoms with Crippen molar-refractivity contribution in [3.8, 4) is 0 Å². The number of hydrogen-bond donors (Lipinski definition) is 0. The first-order chi connectivity index (χ1) is 8.15. The highest BCUT2D eigenvalue weighted by molar-refractivity contribution is 5.68. The number of aryl methyl sites for hydroxylation is 1. The minimum atomic E-state index is -0.508. The highest BCUT2D eigenvalue weighted by Gasteiger charge is 2.31. The van der Waals surface area contributed by atoms with Crippen LogP contribution in [0.25, 0.3) is 0 Å². The van der Waals surface area contributed by atoms with Crippen LogP contribution in [0.5, 0.6) is 0 Å². The van der Waals surface area contributed by atoms with Crippen molar-refractivity contribution in [1.82, 2.24) is 9.55 Å². The van der Waals surface area contributed by atoms with Crippen molar-refractivity contribution in [3.05, 3.63) is 16.4 Å². The van der Waals surface area contributed by atoms with Gasteiger partial charge in [-0.2, -0.15) is 0 Å². The standard InChI is InChI=1S/C10H14N4O3/c1-12-7-11-9(14(16)17)10(12)13-5-3-2-4-8(13)6-15/h6-8H,2-5H2,1H3. The number of anilines is 1. The Balaban J connectivity index is 2.40. The summed E-state index contributed by atoms with van der Waals surface area (Å²) in [7, 11) is 1.70. The Morgan fingerprint density at radius 3 is 3.00 bits per heavy atom. The van der Waals surface area contributed by atoms with Crippen LogP contribution >= 0.6 is 0 Å². The molecular weight excluding hydrogens is 224 g/mol. The molecule has 1 saturated heterocycles. The van der Waals surface area contributed by atoms with Gasteiger partial charge in [0.05, 0.1) is 6.04 Å². The molecule has 0 aromatic carbocycles. The number of carbonyl (C=O) groups is 1. The predicted octanol–water partition coefficient (Wildman–Crippen LogP) is 0.886. The summed E-state index contributed by atoms with van der Waals surface area (Å²) in [5.74, 6) is 0.244. The van der Waals surface area contributed by atoms with E-state index in [1.165, 1.54) is 6.33 Å². The van der Waals surface area contributed by atoms with Crippen LogP contribution in [0.1, 0.15) is 19.3 Å². The number of nitrogens with zero attached hydrogens (tertiary/aromatic N) is 4. The van der Waals surface area contributed by atoms with Crippen molar-refractivity contribution in [2.24, 2.45) is 7.05 Å². The SMILES string of the molecule is Cn1cnc([N+](=O)[O-])c1N1CCCCC1C=O. The Bertz CT molecular complexity index is 443. The van der Waals surface area contributed by atoms with E-state index in [9.17, 15) is 14.9 Å². The van der Waals surface area contributed by atoms with E-state index < -0.39 is 4.92 Å². The zero-order valence-corrected chi connectivity index (χ0v) is 9.57. The van der Waals surface area contributed by atoms with Crippen LogP contribution in [0.4, 0.5) is 11.6 Å². The van der Waals surface area contributed by atoms with E-state index in [1.807, 2.05) is 0 Å². The van der Waals surface area contributed by atoms with Gasteiger partial charge in [0.25, 0.3) is 0 Å². The molecule has 0 N–H and O–H groups in total. The third-order valence-electron chi connectivity index (χ3n) is 3.04. The largest absolute Gasteiger partial charge is 0.406 e. The van der Waals surface area contributed by atoms with Crippen molar-refractivity contribution in [2.45, 2.75) is 25.3 Å². The zero-order valence-electron chi connectivity index (χ0n) is 9.57. The fourth-order valence-corrected chi connectivity index (χ4v) is 2.23. The van der Waals surface area contributed by atoms with Gasteiger partial charge in [-0.15, -0.1) is 0 Å². The molecule has 0 radical (unpaired) electrons. The first kappa shape index (κ1) is 11.6. The second kappa shape index (κ2) is 4.52. The first-order valence-electron chi connectivity index (χ1n) is 5.52. The molecule has 92 valence electrons. The van der Waals surface area contributed by atoms with Crippen LogP contribution in [0, 0.1) is 10.1 Å². The lowest BCUT2D eigenvalue weighted by atomic mass is 10.0. The van der Waals surface area contributed by atoms with Crippen molar-refractivity contribution in [3.63, 3.8) is 0 Å². The normalized spacial score (nSPS) is 20.3. The number of hydrogen-bond acceptors (Lipinski definition) is 5. The Hall–Kier alpha value is -1.92. The van der Waals surface area contributed by atoms with Gasteiger partial charge in [-0.05, 0) is 29.2 Å². The molecule has 17 heavy (non-hydrogen) atoms. The first-order valence-corrected chi connectivity index (χ1v) is 5.52. The highest BCUT2D eigenvalue weighted by atomic mass is 16.6. The van der Waals surface area contributed by atoms with E-state index in [4.69, 9.17) is 0 Å². The van der Waals surface area contributed by atoms with Crippen molar-refractivity contribution >= 4 is 17.9 Å². The van der Waals surface area contributed by atoms with Gasteiger partial charge in [0.1, 0.15) is 6.29 Å². The van der Waals surface area contributed by atoms with Crippen LogP contribution in [0.3, 0.4) is 0 Å². The molecule has 0 aliphatic carbocycles. The fraction of sp³-hybridized carbons (Fsp3) is 0.600. The van der Waals surface area contributed by atoms with Crippen LogP contribution in [0.15, 0.2) is 6.33 Å². The summed E-state index contributed by atoms with van der Waals surface area (Å²) in [5.41, 5.74) is 0. The number of nitro groups is 1. The summed E-state index contributed by atoms with van der Waals surface area (Å²) < 4.78 is 1.60. The van der Waals surface area contributed by atoms with Crippen molar-refractivity contribution in [1.29, 1.82) is 0 Å². The van der Waals surface area contributed by atoms with E-state index in [0.29, 0.717) is 12.4 Å². The maximum Gasteiger partial charge on any atom is 0.406 e. The number of piperidine rings is 1.